The second kappa shape index (κ2) is 9.02. The second-order valence-corrected chi connectivity index (χ2v) is 6.00. The molecule has 0 aliphatic rings. The van der Waals surface area contributed by atoms with Crippen LogP contribution in [0.3, 0.4) is 0 Å². The number of aryl methyl sites for hydroxylation is 1. The van der Waals surface area contributed by atoms with E-state index < -0.39 is 0 Å². The van der Waals surface area contributed by atoms with Crippen molar-refractivity contribution in [3.05, 3.63) is 34.8 Å². The number of hydrogen-bond acceptors (Lipinski definition) is 6. The normalized spacial score (nSPS) is 10.8. The number of hydrogen-bond donors (Lipinski definition) is 1. The first-order valence-electron chi connectivity index (χ1n) is 7.78. The highest BCUT2D eigenvalue weighted by molar-refractivity contribution is 7.15. The highest BCUT2D eigenvalue weighted by Crippen LogP contribution is 2.28. The molecule has 6 nitrogen and oxygen atoms in total. The number of aromatic nitrogens is 2. The number of rotatable bonds is 8. The molecule has 1 heterocycles. The van der Waals surface area contributed by atoms with E-state index in [-0.39, 0.29) is 5.91 Å². The Bertz CT molecular complexity index is 713. The molecule has 0 bridgehead atoms. The van der Waals surface area contributed by atoms with Crippen molar-refractivity contribution in [3.8, 4) is 11.5 Å². The molecule has 128 valence electrons. The van der Waals surface area contributed by atoms with Gasteiger partial charge in [-0.2, -0.15) is 0 Å². The Hall–Kier alpha value is -2.41. The summed E-state index contributed by atoms with van der Waals surface area (Å²) in [4.78, 5) is 11.9. The van der Waals surface area contributed by atoms with Gasteiger partial charge in [0.05, 0.1) is 13.7 Å². The molecule has 2 rings (SSSR count). The SMILES string of the molecule is CCCOc1ccc(C=CC(=O)Nc2nnc(CC)s2)cc1OC. The van der Waals surface area contributed by atoms with Gasteiger partial charge in [-0.3, -0.25) is 10.1 Å². The van der Waals surface area contributed by atoms with Crippen LogP contribution in [0.5, 0.6) is 11.5 Å². The fourth-order valence-electron chi connectivity index (χ4n) is 1.89. The molecule has 1 aromatic heterocycles. The summed E-state index contributed by atoms with van der Waals surface area (Å²) in [5, 5.41) is 12.0. The first kappa shape index (κ1) is 17.9. The molecular weight excluding hydrogens is 326 g/mol. The van der Waals surface area contributed by atoms with Gasteiger partial charge in [-0.1, -0.05) is 31.3 Å². The predicted octanol–water partition coefficient (Wildman–Crippen LogP) is 3.55. The van der Waals surface area contributed by atoms with Crippen LogP contribution in [0.4, 0.5) is 5.13 Å². The van der Waals surface area contributed by atoms with Crippen molar-refractivity contribution < 1.29 is 14.3 Å². The molecule has 2 aromatic rings. The van der Waals surface area contributed by atoms with E-state index in [2.05, 4.69) is 15.5 Å². The Morgan fingerprint density at radius 2 is 2.12 bits per heavy atom. The number of anilines is 1. The Morgan fingerprint density at radius 1 is 1.29 bits per heavy atom. The van der Waals surface area contributed by atoms with E-state index in [1.165, 1.54) is 17.4 Å². The molecule has 24 heavy (non-hydrogen) atoms. The Kier molecular flexibility index (Phi) is 6.74. The van der Waals surface area contributed by atoms with Crippen LogP contribution < -0.4 is 14.8 Å². The maximum atomic E-state index is 11.9. The standard InChI is InChI=1S/C17H21N3O3S/c1-4-10-23-13-8-6-12(11-14(13)22-3)7-9-15(21)18-17-20-19-16(5-2)24-17/h6-9,11H,4-5,10H2,1-3H3,(H,18,20,21). The van der Waals surface area contributed by atoms with E-state index >= 15 is 0 Å². The summed E-state index contributed by atoms with van der Waals surface area (Å²) < 4.78 is 10.9. The third kappa shape index (κ3) is 5.06. The number of ether oxygens (including phenoxy) is 2. The molecule has 0 unspecified atom stereocenters. The summed E-state index contributed by atoms with van der Waals surface area (Å²) in [6, 6.07) is 5.54. The summed E-state index contributed by atoms with van der Waals surface area (Å²) in [7, 11) is 1.59. The molecule has 1 N–H and O–H groups in total. The van der Waals surface area contributed by atoms with Gasteiger partial charge < -0.3 is 9.47 Å². The van der Waals surface area contributed by atoms with E-state index in [1.807, 2.05) is 32.0 Å². The largest absolute Gasteiger partial charge is 0.493 e. The van der Waals surface area contributed by atoms with Crippen LogP contribution in [0.15, 0.2) is 24.3 Å². The monoisotopic (exact) mass is 347 g/mol. The molecule has 0 aliphatic carbocycles. The minimum absolute atomic E-state index is 0.251. The summed E-state index contributed by atoms with van der Waals surface area (Å²) in [5.74, 6) is 1.09. The van der Waals surface area contributed by atoms with Crippen LogP contribution in [0.25, 0.3) is 6.08 Å². The zero-order valence-electron chi connectivity index (χ0n) is 14.0. The van der Waals surface area contributed by atoms with E-state index in [0.29, 0.717) is 23.2 Å². The van der Waals surface area contributed by atoms with Crippen molar-refractivity contribution in [2.45, 2.75) is 26.7 Å². The second-order valence-electron chi connectivity index (χ2n) is 4.94. The molecule has 0 spiro atoms. The number of benzene rings is 1. The number of nitrogens with one attached hydrogen (secondary N) is 1. The Labute approximate surface area is 145 Å². The number of methoxy groups -OCH3 is 1. The summed E-state index contributed by atoms with van der Waals surface area (Å²) in [6.45, 7) is 4.67. The van der Waals surface area contributed by atoms with Gasteiger partial charge in [-0.05, 0) is 36.6 Å². The van der Waals surface area contributed by atoms with Gasteiger partial charge >= 0.3 is 0 Å². The number of carbonyl (C=O) groups is 1. The van der Waals surface area contributed by atoms with E-state index in [4.69, 9.17) is 9.47 Å². The van der Waals surface area contributed by atoms with Crippen LogP contribution in [-0.4, -0.2) is 29.8 Å². The van der Waals surface area contributed by atoms with Crippen molar-refractivity contribution in [2.75, 3.05) is 19.0 Å². The molecule has 0 saturated heterocycles. The topological polar surface area (TPSA) is 73.3 Å². The van der Waals surface area contributed by atoms with Crippen molar-refractivity contribution in [3.63, 3.8) is 0 Å². The molecule has 0 aliphatic heterocycles. The maximum Gasteiger partial charge on any atom is 0.250 e. The van der Waals surface area contributed by atoms with Crippen molar-refractivity contribution in [1.29, 1.82) is 0 Å². The Balaban J connectivity index is 2.00. The molecule has 0 fully saturated rings. The highest BCUT2D eigenvalue weighted by Gasteiger charge is 2.06. The summed E-state index contributed by atoms with van der Waals surface area (Å²) >= 11 is 1.37. The van der Waals surface area contributed by atoms with Gasteiger partial charge in [0, 0.05) is 6.08 Å². The lowest BCUT2D eigenvalue weighted by molar-refractivity contribution is -0.111. The van der Waals surface area contributed by atoms with Crippen LogP contribution in [0.2, 0.25) is 0 Å². The first-order chi connectivity index (χ1) is 11.7. The average molecular weight is 347 g/mol. The number of amides is 1. The fraction of sp³-hybridized carbons (Fsp3) is 0.353. The van der Waals surface area contributed by atoms with Gasteiger partial charge in [-0.15, -0.1) is 10.2 Å². The third-order valence-corrected chi connectivity index (χ3v) is 4.06. The quantitative estimate of drug-likeness (QED) is 0.739. The maximum absolute atomic E-state index is 11.9. The van der Waals surface area contributed by atoms with Gasteiger partial charge in [0.25, 0.3) is 0 Å². The van der Waals surface area contributed by atoms with Gasteiger partial charge in [-0.25, -0.2) is 0 Å². The number of nitrogens with zero attached hydrogens (tertiary/aromatic N) is 2. The Morgan fingerprint density at radius 3 is 2.79 bits per heavy atom. The minimum atomic E-state index is -0.251. The molecule has 7 heteroatoms. The molecule has 0 radical (unpaired) electrons. The van der Waals surface area contributed by atoms with Crippen LogP contribution in [0.1, 0.15) is 30.8 Å². The molecule has 1 aromatic carbocycles. The van der Waals surface area contributed by atoms with Crippen molar-refractivity contribution in [2.24, 2.45) is 0 Å². The number of carbonyl (C=O) groups excluding carboxylic acids is 1. The zero-order valence-corrected chi connectivity index (χ0v) is 14.9. The lowest BCUT2D eigenvalue weighted by atomic mass is 10.2. The smallest absolute Gasteiger partial charge is 0.250 e. The van der Waals surface area contributed by atoms with Crippen molar-refractivity contribution in [1.82, 2.24) is 10.2 Å². The van der Waals surface area contributed by atoms with E-state index in [0.717, 1.165) is 23.4 Å². The zero-order chi connectivity index (χ0) is 17.4. The highest BCUT2D eigenvalue weighted by atomic mass is 32.1. The molecular formula is C17H21N3O3S. The summed E-state index contributed by atoms with van der Waals surface area (Å²) in [5.41, 5.74) is 0.845. The summed E-state index contributed by atoms with van der Waals surface area (Å²) in [6.07, 6.45) is 4.89. The third-order valence-electron chi connectivity index (χ3n) is 3.08. The van der Waals surface area contributed by atoms with Gasteiger partial charge in [0.2, 0.25) is 11.0 Å². The predicted molar refractivity (Wildman–Crippen MR) is 95.7 cm³/mol. The van der Waals surface area contributed by atoms with Gasteiger partial charge in [0.1, 0.15) is 5.01 Å². The lowest BCUT2D eigenvalue weighted by Crippen LogP contribution is -2.07. The van der Waals surface area contributed by atoms with Crippen LogP contribution >= 0.6 is 11.3 Å². The van der Waals surface area contributed by atoms with Gasteiger partial charge in [0.15, 0.2) is 11.5 Å². The molecule has 0 saturated carbocycles. The van der Waals surface area contributed by atoms with Crippen LogP contribution in [0, 0.1) is 0 Å². The van der Waals surface area contributed by atoms with E-state index in [1.54, 1.807) is 13.2 Å². The molecule has 1 amide bonds. The molecule has 0 atom stereocenters. The van der Waals surface area contributed by atoms with Crippen molar-refractivity contribution >= 4 is 28.5 Å². The average Bonchev–Trinajstić information content (AvgIpc) is 3.05. The van der Waals surface area contributed by atoms with E-state index in [9.17, 15) is 4.79 Å². The first-order valence-corrected chi connectivity index (χ1v) is 8.60. The minimum Gasteiger partial charge on any atom is -0.493 e. The van der Waals surface area contributed by atoms with Crippen LogP contribution in [-0.2, 0) is 11.2 Å². The fourth-order valence-corrected chi connectivity index (χ4v) is 2.57. The lowest BCUT2D eigenvalue weighted by Gasteiger charge is -2.10.